The summed E-state index contributed by atoms with van der Waals surface area (Å²) in [6.07, 6.45) is 0. The number of carbonyl (C=O) groups is 1. The van der Waals surface area contributed by atoms with E-state index in [1.54, 1.807) is 13.8 Å². The molecule has 0 aliphatic carbocycles. The van der Waals surface area contributed by atoms with E-state index in [2.05, 4.69) is 5.32 Å². The Kier molecular flexibility index (Phi) is 4.78. The molecule has 1 aromatic carbocycles. The smallest absolute Gasteiger partial charge is 0.224 e. The number of amides is 1. The molecule has 100 valence electrons. The summed E-state index contributed by atoms with van der Waals surface area (Å²) in [4.78, 5) is 11.8. The molecule has 3 unspecified atom stereocenters. The van der Waals surface area contributed by atoms with Crippen LogP contribution in [0.1, 0.15) is 32.4 Å². The third-order valence-electron chi connectivity index (χ3n) is 2.99. The van der Waals surface area contributed by atoms with Crippen molar-refractivity contribution in [1.82, 2.24) is 5.32 Å². The third-order valence-corrected chi connectivity index (χ3v) is 2.99. The Balaban J connectivity index is 2.83. The van der Waals surface area contributed by atoms with E-state index in [4.69, 9.17) is 5.73 Å². The summed E-state index contributed by atoms with van der Waals surface area (Å²) in [5.41, 5.74) is 5.47. The van der Waals surface area contributed by atoms with Gasteiger partial charge in [0.05, 0.1) is 6.04 Å². The monoisotopic (exact) mass is 256 g/mol. The first-order chi connectivity index (χ1) is 8.34. The van der Waals surface area contributed by atoms with Gasteiger partial charge in [0, 0.05) is 17.5 Å². The van der Waals surface area contributed by atoms with Gasteiger partial charge in [0.25, 0.3) is 0 Å². The van der Waals surface area contributed by atoms with E-state index < -0.39 is 23.6 Å². The van der Waals surface area contributed by atoms with Crippen LogP contribution in [0.15, 0.2) is 18.2 Å². The van der Waals surface area contributed by atoms with Gasteiger partial charge in [-0.15, -0.1) is 0 Å². The lowest BCUT2D eigenvalue weighted by molar-refractivity contribution is -0.125. The first-order valence-electron chi connectivity index (χ1n) is 5.84. The topological polar surface area (TPSA) is 55.1 Å². The SMILES string of the molecule is CC(NC(=O)C(C)C(C)N)c1c(F)cccc1F. The molecule has 1 aromatic rings. The van der Waals surface area contributed by atoms with Crippen molar-refractivity contribution in [2.45, 2.75) is 32.9 Å². The largest absolute Gasteiger partial charge is 0.349 e. The number of halogens is 2. The first kappa shape index (κ1) is 14.6. The average molecular weight is 256 g/mol. The predicted octanol–water partition coefficient (Wildman–Crippen LogP) is 2.13. The van der Waals surface area contributed by atoms with Gasteiger partial charge in [-0.05, 0) is 26.0 Å². The second-order valence-electron chi connectivity index (χ2n) is 4.51. The quantitative estimate of drug-likeness (QED) is 0.867. The molecule has 1 amide bonds. The summed E-state index contributed by atoms with van der Waals surface area (Å²) >= 11 is 0. The molecule has 0 fully saturated rings. The van der Waals surface area contributed by atoms with Gasteiger partial charge in [0.2, 0.25) is 5.91 Å². The van der Waals surface area contributed by atoms with Crippen LogP contribution in [-0.4, -0.2) is 11.9 Å². The van der Waals surface area contributed by atoms with Crippen LogP contribution in [-0.2, 0) is 4.79 Å². The summed E-state index contributed by atoms with van der Waals surface area (Å²) in [5, 5.41) is 2.56. The van der Waals surface area contributed by atoms with Crippen molar-refractivity contribution in [2.75, 3.05) is 0 Å². The van der Waals surface area contributed by atoms with Gasteiger partial charge in [0.1, 0.15) is 11.6 Å². The van der Waals surface area contributed by atoms with E-state index in [1.807, 2.05) is 0 Å². The fourth-order valence-electron chi connectivity index (χ4n) is 1.58. The van der Waals surface area contributed by atoms with Crippen molar-refractivity contribution in [3.8, 4) is 0 Å². The molecule has 18 heavy (non-hydrogen) atoms. The van der Waals surface area contributed by atoms with E-state index in [0.717, 1.165) is 12.1 Å². The molecule has 0 saturated carbocycles. The van der Waals surface area contributed by atoms with Crippen molar-refractivity contribution in [2.24, 2.45) is 11.7 Å². The molecule has 1 rings (SSSR count). The Morgan fingerprint density at radius 1 is 1.22 bits per heavy atom. The minimum Gasteiger partial charge on any atom is -0.349 e. The van der Waals surface area contributed by atoms with Crippen molar-refractivity contribution in [1.29, 1.82) is 0 Å². The van der Waals surface area contributed by atoms with Gasteiger partial charge in [-0.1, -0.05) is 13.0 Å². The molecule has 0 spiro atoms. The van der Waals surface area contributed by atoms with Gasteiger partial charge < -0.3 is 11.1 Å². The van der Waals surface area contributed by atoms with E-state index >= 15 is 0 Å². The highest BCUT2D eigenvalue weighted by atomic mass is 19.1. The number of hydrogen-bond donors (Lipinski definition) is 2. The van der Waals surface area contributed by atoms with Gasteiger partial charge in [-0.3, -0.25) is 4.79 Å². The molecule has 0 aliphatic rings. The highest BCUT2D eigenvalue weighted by molar-refractivity contribution is 5.79. The van der Waals surface area contributed by atoms with Crippen LogP contribution >= 0.6 is 0 Å². The first-order valence-corrected chi connectivity index (χ1v) is 5.84. The van der Waals surface area contributed by atoms with Crippen LogP contribution in [0, 0.1) is 17.6 Å². The lowest BCUT2D eigenvalue weighted by atomic mass is 10.0. The minimum atomic E-state index is -0.736. The summed E-state index contributed by atoms with van der Waals surface area (Å²) in [5.74, 6) is -2.07. The van der Waals surface area contributed by atoms with Gasteiger partial charge in [-0.2, -0.15) is 0 Å². The lowest BCUT2D eigenvalue weighted by Crippen LogP contribution is -2.39. The number of nitrogens with one attached hydrogen (secondary N) is 1. The Morgan fingerprint density at radius 3 is 2.17 bits per heavy atom. The zero-order valence-electron chi connectivity index (χ0n) is 10.7. The molecule has 0 bridgehead atoms. The summed E-state index contributed by atoms with van der Waals surface area (Å²) in [6.45, 7) is 4.91. The molecule has 5 heteroatoms. The molecule has 3 atom stereocenters. The van der Waals surface area contributed by atoms with Gasteiger partial charge in [0.15, 0.2) is 0 Å². The second kappa shape index (κ2) is 5.91. The van der Waals surface area contributed by atoms with Crippen LogP contribution in [0.5, 0.6) is 0 Å². The van der Waals surface area contributed by atoms with Gasteiger partial charge >= 0.3 is 0 Å². The molecular weight excluding hydrogens is 238 g/mol. The minimum absolute atomic E-state index is 0.136. The van der Waals surface area contributed by atoms with E-state index in [1.165, 1.54) is 13.0 Å². The fraction of sp³-hybridized carbons (Fsp3) is 0.462. The van der Waals surface area contributed by atoms with Crippen LogP contribution in [0.2, 0.25) is 0 Å². The third kappa shape index (κ3) is 3.26. The van der Waals surface area contributed by atoms with E-state index in [-0.39, 0.29) is 17.5 Å². The van der Waals surface area contributed by atoms with Crippen molar-refractivity contribution >= 4 is 5.91 Å². The van der Waals surface area contributed by atoms with E-state index in [9.17, 15) is 13.6 Å². The van der Waals surface area contributed by atoms with Crippen LogP contribution < -0.4 is 11.1 Å². The summed E-state index contributed by atoms with van der Waals surface area (Å²) in [7, 11) is 0. The normalized spacial score (nSPS) is 15.9. The average Bonchev–Trinajstić information content (AvgIpc) is 2.27. The molecule has 0 aliphatic heterocycles. The number of rotatable bonds is 4. The highest BCUT2D eigenvalue weighted by Crippen LogP contribution is 2.20. The standard InChI is InChI=1S/C13H18F2N2O/c1-7(8(2)16)13(18)17-9(3)12-10(14)5-4-6-11(12)15/h4-9H,16H2,1-3H3,(H,17,18). The maximum atomic E-state index is 13.5. The summed E-state index contributed by atoms with van der Waals surface area (Å²) < 4.78 is 27.0. The molecule has 0 heterocycles. The fourth-order valence-corrected chi connectivity index (χ4v) is 1.58. The lowest BCUT2D eigenvalue weighted by Gasteiger charge is -2.20. The molecular formula is C13H18F2N2O. The Bertz CT molecular complexity index is 415. The molecule has 3 N–H and O–H groups in total. The van der Waals surface area contributed by atoms with Crippen molar-refractivity contribution in [3.63, 3.8) is 0 Å². The number of hydrogen-bond acceptors (Lipinski definition) is 2. The van der Waals surface area contributed by atoms with Crippen molar-refractivity contribution in [3.05, 3.63) is 35.4 Å². The van der Waals surface area contributed by atoms with E-state index in [0.29, 0.717) is 0 Å². The highest BCUT2D eigenvalue weighted by Gasteiger charge is 2.22. The molecule has 0 saturated heterocycles. The Labute approximate surface area is 105 Å². The zero-order chi connectivity index (χ0) is 13.9. The van der Waals surface area contributed by atoms with Gasteiger partial charge in [-0.25, -0.2) is 8.78 Å². The van der Waals surface area contributed by atoms with Crippen LogP contribution in [0.3, 0.4) is 0 Å². The molecule has 3 nitrogen and oxygen atoms in total. The molecule has 0 radical (unpaired) electrons. The molecule has 0 aromatic heterocycles. The van der Waals surface area contributed by atoms with Crippen molar-refractivity contribution < 1.29 is 13.6 Å². The van der Waals surface area contributed by atoms with Crippen LogP contribution in [0.4, 0.5) is 8.78 Å². The maximum Gasteiger partial charge on any atom is 0.224 e. The second-order valence-corrected chi connectivity index (χ2v) is 4.51. The number of nitrogens with two attached hydrogens (primary N) is 1. The number of benzene rings is 1. The number of carbonyl (C=O) groups excluding carboxylic acids is 1. The van der Waals surface area contributed by atoms with Crippen LogP contribution in [0.25, 0.3) is 0 Å². The zero-order valence-corrected chi connectivity index (χ0v) is 10.7. The Morgan fingerprint density at radius 2 is 1.72 bits per heavy atom. The predicted molar refractivity (Wildman–Crippen MR) is 65.7 cm³/mol. The Hall–Kier alpha value is -1.49. The maximum absolute atomic E-state index is 13.5. The summed E-state index contributed by atoms with van der Waals surface area (Å²) in [6, 6.07) is 2.56.